The number of carboxylic acids is 3. The van der Waals surface area contributed by atoms with Gasteiger partial charge in [0.2, 0.25) is 17.7 Å². The van der Waals surface area contributed by atoms with Gasteiger partial charge in [-0.05, 0) is 19.3 Å². The van der Waals surface area contributed by atoms with Crippen molar-refractivity contribution in [3.63, 3.8) is 0 Å². The fourth-order valence-corrected chi connectivity index (χ4v) is 6.22. The van der Waals surface area contributed by atoms with Crippen LogP contribution in [0.2, 0.25) is 0 Å². The minimum Gasteiger partial charge on any atom is -0.480 e. The summed E-state index contributed by atoms with van der Waals surface area (Å²) in [6.07, 6.45) is 3.19. The standard InChI is InChI=1S/C29H49N7O9/c1-2-3-4-30-23(37)15-31-28(45)22-13-29(14-22)20-36(21-29)24(38)16-32-5-7-33(17-25(39)40)9-11-35(19-27(43)44)12-10-34(8-6-32)18-26(41)42/h22H,2-21H2,1H3,(H,30,37)(H,31,45)(H,39,40)(H,41,42)(H,43,44). The maximum Gasteiger partial charge on any atom is 0.317 e. The van der Waals surface area contributed by atoms with E-state index in [9.17, 15) is 44.1 Å². The largest absolute Gasteiger partial charge is 0.480 e. The summed E-state index contributed by atoms with van der Waals surface area (Å²) in [5, 5.41) is 33.6. The molecule has 254 valence electrons. The summed E-state index contributed by atoms with van der Waals surface area (Å²) in [6, 6.07) is 0. The molecule has 5 N–H and O–H groups in total. The van der Waals surface area contributed by atoms with E-state index in [-0.39, 0.29) is 61.8 Å². The Labute approximate surface area is 263 Å². The van der Waals surface area contributed by atoms with Gasteiger partial charge in [0.05, 0.1) is 32.7 Å². The van der Waals surface area contributed by atoms with E-state index in [2.05, 4.69) is 10.6 Å². The van der Waals surface area contributed by atoms with Gasteiger partial charge in [-0.3, -0.25) is 48.4 Å². The number of nitrogens with zero attached hydrogens (tertiary/aromatic N) is 5. The van der Waals surface area contributed by atoms with Crippen molar-refractivity contribution in [2.75, 3.05) is 105 Å². The van der Waals surface area contributed by atoms with Crippen LogP contribution in [0, 0.1) is 11.3 Å². The number of rotatable bonds is 14. The third-order valence-electron chi connectivity index (χ3n) is 8.78. The van der Waals surface area contributed by atoms with Crippen molar-refractivity contribution in [2.45, 2.75) is 32.6 Å². The molecule has 0 unspecified atom stereocenters. The molecule has 2 heterocycles. The van der Waals surface area contributed by atoms with Gasteiger partial charge in [0.1, 0.15) is 0 Å². The maximum absolute atomic E-state index is 13.2. The minimum atomic E-state index is -1.02. The van der Waals surface area contributed by atoms with Crippen LogP contribution in [0.5, 0.6) is 0 Å². The van der Waals surface area contributed by atoms with Gasteiger partial charge in [-0.25, -0.2) is 0 Å². The number of carbonyl (C=O) groups is 6. The van der Waals surface area contributed by atoms with Crippen molar-refractivity contribution in [1.29, 1.82) is 0 Å². The Morgan fingerprint density at radius 1 is 0.667 bits per heavy atom. The molecule has 3 amide bonds. The first-order chi connectivity index (χ1) is 21.4. The average Bonchev–Trinajstić information content (AvgIpc) is 2.91. The Kier molecular flexibility index (Phi) is 14.0. The summed E-state index contributed by atoms with van der Waals surface area (Å²) in [4.78, 5) is 80.7. The van der Waals surface area contributed by atoms with E-state index < -0.39 is 17.9 Å². The molecule has 0 atom stereocenters. The Bertz CT molecular complexity index is 1030. The van der Waals surface area contributed by atoms with Gasteiger partial charge >= 0.3 is 17.9 Å². The molecule has 0 aromatic rings. The highest BCUT2D eigenvalue weighted by atomic mass is 16.4. The lowest BCUT2D eigenvalue weighted by Gasteiger charge is -2.58. The number of likely N-dealkylation sites (tertiary alicyclic amines) is 1. The predicted octanol–water partition coefficient (Wildman–Crippen LogP) is -2.27. The molecule has 1 spiro atoms. The van der Waals surface area contributed by atoms with Crippen LogP contribution in [-0.2, 0) is 28.8 Å². The minimum absolute atomic E-state index is 0.0408. The molecule has 16 heteroatoms. The van der Waals surface area contributed by atoms with Crippen LogP contribution >= 0.6 is 0 Å². The fraction of sp³-hybridized carbons (Fsp3) is 0.793. The second-order valence-electron chi connectivity index (χ2n) is 12.6. The van der Waals surface area contributed by atoms with Crippen LogP contribution in [0.15, 0.2) is 0 Å². The van der Waals surface area contributed by atoms with Crippen molar-refractivity contribution in [2.24, 2.45) is 11.3 Å². The number of hydrogen-bond acceptors (Lipinski definition) is 10. The fourth-order valence-electron chi connectivity index (χ4n) is 6.22. The summed E-state index contributed by atoms with van der Waals surface area (Å²) in [5.74, 6) is -3.62. The molecule has 0 bridgehead atoms. The molecular formula is C29H49N7O9. The van der Waals surface area contributed by atoms with Gasteiger partial charge < -0.3 is 30.9 Å². The van der Waals surface area contributed by atoms with Crippen LogP contribution in [0.1, 0.15) is 32.6 Å². The molecule has 3 rings (SSSR count). The van der Waals surface area contributed by atoms with Crippen molar-refractivity contribution in [3.05, 3.63) is 0 Å². The van der Waals surface area contributed by atoms with E-state index in [1.807, 2.05) is 11.8 Å². The first kappa shape index (κ1) is 36.1. The Morgan fingerprint density at radius 2 is 1.09 bits per heavy atom. The van der Waals surface area contributed by atoms with Gasteiger partial charge in [-0.2, -0.15) is 0 Å². The monoisotopic (exact) mass is 639 g/mol. The van der Waals surface area contributed by atoms with Crippen LogP contribution in [0.3, 0.4) is 0 Å². The molecule has 45 heavy (non-hydrogen) atoms. The quantitative estimate of drug-likeness (QED) is 0.128. The molecule has 3 fully saturated rings. The Morgan fingerprint density at radius 3 is 1.49 bits per heavy atom. The lowest BCUT2D eigenvalue weighted by molar-refractivity contribution is -0.161. The number of hydrogen-bond donors (Lipinski definition) is 5. The summed E-state index contributed by atoms with van der Waals surface area (Å²) in [7, 11) is 0. The molecule has 3 aliphatic rings. The Balaban J connectivity index is 1.51. The van der Waals surface area contributed by atoms with Gasteiger partial charge in [0.25, 0.3) is 0 Å². The first-order valence-corrected chi connectivity index (χ1v) is 15.7. The van der Waals surface area contributed by atoms with Crippen LogP contribution in [-0.4, -0.2) is 180 Å². The normalized spacial score (nSPS) is 20.7. The zero-order chi connectivity index (χ0) is 33.0. The second kappa shape index (κ2) is 17.4. The van der Waals surface area contributed by atoms with Crippen LogP contribution in [0.4, 0.5) is 0 Å². The zero-order valence-corrected chi connectivity index (χ0v) is 26.2. The van der Waals surface area contributed by atoms with Crippen molar-refractivity contribution >= 4 is 35.6 Å². The summed E-state index contributed by atoms with van der Waals surface area (Å²) >= 11 is 0. The summed E-state index contributed by atoms with van der Waals surface area (Å²) < 4.78 is 0. The van der Waals surface area contributed by atoms with Crippen molar-refractivity contribution in [3.8, 4) is 0 Å². The smallest absolute Gasteiger partial charge is 0.317 e. The molecule has 1 saturated carbocycles. The number of unbranched alkanes of at least 4 members (excludes halogenated alkanes) is 1. The van der Waals surface area contributed by atoms with E-state index in [0.717, 1.165) is 12.8 Å². The number of carbonyl (C=O) groups excluding carboxylic acids is 3. The van der Waals surface area contributed by atoms with E-state index in [0.29, 0.717) is 84.8 Å². The zero-order valence-electron chi connectivity index (χ0n) is 26.2. The van der Waals surface area contributed by atoms with E-state index in [1.165, 1.54) is 0 Å². The van der Waals surface area contributed by atoms with E-state index in [1.54, 1.807) is 19.6 Å². The topological polar surface area (TPSA) is 203 Å². The van der Waals surface area contributed by atoms with Crippen molar-refractivity contribution < 1.29 is 44.1 Å². The maximum atomic E-state index is 13.2. The number of aliphatic carboxylic acids is 3. The molecule has 0 aromatic carbocycles. The molecular weight excluding hydrogens is 590 g/mol. The van der Waals surface area contributed by atoms with Crippen LogP contribution < -0.4 is 10.6 Å². The first-order valence-electron chi connectivity index (χ1n) is 15.7. The average molecular weight is 640 g/mol. The molecule has 16 nitrogen and oxygen atoms in total. The number of carboxylic acid groups (broad SMARTS) is 3. The molecule has 1 aliphatic carbocycles. The highest BCUT2D eigenvalue weighted by molar-refractivity contribution is 5.86. The van der Waals surface area contributed by atoms with E-state index in [4.69, 9.17) is 0 Å². The summed E-state index contributed by atoms with van der Waals surface area (Å²) in [5.41, 5.74) is -0.0821. The second-order valence-corrected chi connectivity index (χ2v) is 12.6. The van der Waals surface area contributed by atoms with Gasteiger partial charge in [0, 0.05) is 83.3 Å². The highest BCUT2D eigenvalue weighted by Crippen LogP contribution is 2.51. The van der Waals surface area contributed by atoms with Crippen LogP contribution in [0.25, 0.3) is 0 Å². The summed E-state index contributed by atoms with van der Waals surface area (Å²) in [6.45, 7) is 5.80. The third kappa shape index (κ3) is 12.2. The van der Waals surface area contributed by atoms with Gasteiger partial charge in [0.15, 0.2) is 0 Å². The number of amides is 3. The lowest BCUT2D eigenvalue weighted by atomic mass is 9.57. The molecule has 0 radical (unpaired) electrons. The Hall–Kier alpha value is -3.34. The highest BCUT2D eigenvalue weighted by Gasteiger charge is 2.55. The predicted molar refractivity (Wildman–Crippen MR) is 161 cm³/mol. The van der Waals surface area contributed by atoms with Gasteiger partial charge in [-0.1, -0.05) is 13.3 Å². The molecule has 2 saturated heterocycles. The lowest BCUT2D eigenvalue weighted by Crippen LogP contribution is -2.66. The number of nitrogens with one attached hydrogen (secondary N) is 2. The third-order valence-corrected chi connectivity index (χ3v) is 8.78. The molecule has 2 aliphatic heterocycles. The molecule has 0 aromatic heterocycles. The van der Waals surface area contributed by atoms with Gasteiger partial charge in [-0.15, -0.1) is 0 Å². The van der Waals surface area contributed by atoms with Crippen molar-refractivity contribution in [1.82, 2.24) is 35.1 Å². The van der Waals surface area contributed by atoms with E-state index >= 15 is 0 Å². The SMILES string of the molecule is CCCCNC(=O)CNC(=O)C1CC2(C1)CN(C(=O)CN1CCN(CC(=O)O)CCN(CC(=O)O)CCN(CC(=O)O)CC1)C2.